The van der Waals surface area contributed by atoms with E-state index in [1.54, 1.807) is 0 Å². The zero-order valence-corrected chi connectivity index (χ0v) is 9.75. The molecule has 0 N–H and O–H groups in total. The van der Waals surface area contributed by atoms with E-state index >= 15 is 0 Å². The fourth-order valence-corrected chi connectivity index (χ4v) is 2.39. The molecule has 1 aliphatic rings. The smallest absolute Gasteiger partial charge is 0.0198 e. The van der Waals surface area contributed by atoms with Gasteiger partial charge in [0.05, 0.1) is 0 Å². The van der Waals surface area contributed by atoms with Gasteiger partial charge in [0.15, 0.2) is 0 Å². The molecule has 13 heavy (non-hydrogen) atoms. The van der Waals surface area contributed by atoms with Crippen molar-refractivity contribution in [1.82, 2.24) is 9.80 Å². The standard InChI is InChI=1S/C11H24N2/c1-6-12-7-11(5)13(9(2)3)8-10(12)4/h9-11H,6-8H2,1-5H3/t10-,11-/m1/s1. The Labute approximate surface area is 82.9 Å². The number of hydrogen-bond donors (Lipinski definition) is 0. The molecule has 2 atom stereocenters. The average Bonchev–Trinajstić information content (AvgIpc) is 2.07. The van der Waals surface area contributed by atoms with Crippen molar-refractivity contribution in [3.05, 3.63) is 0 Å². The first-order chi connectivity index (χ1) is 6.06. The number of nitrogens with zero attached hydrogens (tertiary/aromatic N) is 2. The third kappa shape index (κ3) is 2.44. The topological polar surface area (TPSA) is 6.48 Å². The molecule has 2 heteroatoms. The Morgan fingerprint density at radius 1 is 1.15 bits per heavy atom. The molecule has 0 bridgehead atoms. The minimum absolute atomic E-state index is 0.691. The highest BCUT2D eigenvalue weighted by Crippen LogP contribution is 2.16. The second-order valence-corrected chi connectivity index (χ2v) is 4.58. The summed E-state index contributed by atoms with van der Waals surface area (Å²) in [5.41, 5.74) is 0. The third-order valence-corrected chi connectivity index (χ3v) is 3.23. The molecule has 0 spiro atoms. The van der Waals surface area contributed by atoms with Crippen LogP contribution in [0.4, 0.5) is 0 Å². The Hall–Kier alpha value is -0.0800. The van der Waals surface area contributed by atoms with Crippen LogP contribution in [0.1, 0.15) is 34.6 Å². The summed E-state index contributed by atoms with van der Waals surface area (Å²) in [6.45, 7) is 15.2. The van der Waals surface area contributed by atoms with Crippen LogP contribution in [-0.4, -0.2) is 47.6 Å². The molecule has 0 aromatic carbocycles. The summed E-state index contributed by atoms with van der Waals surface area (Å²) in [6, 6.07) is 2.14. The molecule has 1 heterocycles. The second-order valence-electron chi connectivity index (χ2n) is 4.58. The lowest BCUT2D eigenvalue weighted by molar-refractivity contribution is 0.0269. The quantitative estimate of drug-likeness (QED) is 0.646. The highest BCUT2D eigenvalue weighted by atomic mass is 15.3. The van der Waals surface area contributed by atoms with Gasteiger partial charge in [0.1, 0.15) is 0 Å². The van der Waals surface area contributed by atoms with E-state index in [0.717, 1.165) is 12.1 Å². The zero-order chi connectivity index (χ0) is 10.0. The van der Waals surface area contributed by atoms with Crippen molar-refractivity contribution in [3.8, 4) is 0 Å². The van der Waals surface area contributed by atoms with Crippen LogP contribution >= 0.6 is 0 Å². The molecule has 0 amide bonds. The summed E-state index contributed by atoms with van der Waals surface area (Å²) in [6.07, 6.45) is 0. The fourth-order valence-electron chi connectivity index (χ4n) is 2.39. The lowest BCUT2D eigenvalue weighted by Gasteiger charge is -2.45. The number of piperazine rings is 1. The summed E-state index contributed by atoms with van der Waals surface area (Å²) in [5, 5.41) is 0. The number of hydrogen-bond acceptors (Lipinski definition) is 2. The maximum absolute atomic E-state index is 2.61. The molecule has 1 fully saturated rings. The minimum Gasteiger partial charge on any atom is -0.298 e. The summed E-state index contributed by atoms with van der Waals surface area (Å²) in [5.74, 6) is 0. The molecule has 78 valence electrons. The SMILES string of the molecule is CCN1C[C@@H](C)N(C(C)C)C[C@H]1C. The van der Waals surface area contributed by atoms with E-state index in [1.165, 1.54) is 19.6 Å². The van der Waals surface area contributed by atoms with Crippen LogP contribution in [-0.2, 0) is 0 Å². The monoisotopic (exact) mass is 184 g/mol. The Bertz CT molecular complexity index is 156. The molecule has 1 aliphatic heterocycles. The molecule has 0 aliphatic carbocycles. The maximum Gasteiger partial charge on any atom is 0.0198 e. The Morgan fingerprint density at radius 2 is 1.77 bits per heavy atom. The first-order valence-corrected chi connectivity index (χ1v) is 5.56. The van der Waals surface area contributed by atoms with Crippen LogP contribution in [0.2, 0.25) is 0 Å². The summed E-state index contributed by atoms with van der Waals surface area (Å²) < 4.78 is 0. The Kier molecular flexibility index (Phi) is 3.74. The molecule has 1 rings (SSSR count). The van der Waals surface area contributed by atoms with Crippen molar-refractivity contribution in [1.29, 1.82) is 0 Å². The maximum atomic E-state index is 2.61. The molecule has 0 saturated carbocycles. The second kappa shape index (κ2) is 4.43. The van der Waals surface area contributed by atoms with Gasteiger partial charge in [0, 0.05) is 31.2 Å². The van der Waals surface area contributed by atoms with Crippen LogP contribution in [0.3, 0.4) is 0 Å². The van der Waals surface area contributed by atoms with E-state index in [2.05, 4.69) is 44.4 Å². The predicted molar refractivity (Wildman–Crippen MR) is 58.0 cm³/mol. The van der Waals surface area contributed by atoms with Crippen molar-refractivity contribution in [2.45, 2.75) is 52.7 Å². The minimum atomic E-state index is 0.691. The van der Waals surface area contributed by atoms with Gasteiger partial charge in [-0.15, -0.1) is 0 Å². The summed E-state index contributed by atoms with van der Waals surface area (Å²) >= 11 is 0. The van der Waals surface area contributed by atoms with Gasteiger partial charge < -0.3 is 0 Å². The third-order valence-electron chi connectivity index (χ3n) is 3.23. The molecular formula is C11H24N2. The molecule has 0 aromatic rings. The fraction of sp³-hybridized carbons (Fsp3) is 1.00. The van der Waals surface area contributed by atoms with E-state index in [1.807, 2.05) is 0 Å². The van der Waals surface area contributed by atoms with Crippen LogP contribution in [0, 0.1) is 0 Å². The Balaban J connectivity index is 2.56. The highest BCUT2D eigenvalue weighted by Gasteiger charge is 2.28. The van der Waals surface area contributed by atoms with Gasteiger partial charge in [0.25, 0.3) is 0 Å². The molecule has 1 saturated heterocycles. The van der Waals surface area contributed by atoms with Crippen molar-refractivity contribution < 1.29 is 0 Å². The first kappa shape index (κ1) is 11.0. The normalized spacial score (nSPS) is 32.8. The largest absolute Gasteiger partial charge is 0.298 e. The lowest BCUT2D eigenvalue weighted by Crippen LogP contribution is -2.57. The zero-order valence-electron chi connectivity index (χ0n) is 9.75. The van der Waals surface area contributed by atoms with Crippen LogP contribution in [0.15, 0.2) is 0 Å². The summed E-state index contributed by atoms with van der Waals surface area (Å²) in [4.78, 5) is 5.18. The van der Waals surface area contributed by atoms with E-state index in [9.17, 15) is 0 Å². The van der Waals surface area contributed by atoms with Crippen molar-refractivity contribution in [2.75, 3.05) is 19.6 Å². The van der Waals surface area contributed by atoms with E-state index in [4.69, 9.17) is 0 Å². The summed E-state index contributed by atoms with van der Waals surface area (Å²) in [7, 11) is 0. The highest BCUT2D eigenvalue weighted by molar-refractivity contribution is 4.85. The average molecular weight is 184 g/mol. The van der Waals surface area contributed by atoms with Gasteiger partial charge >= 0.3 is 0 Å². The molecule has 0 aromatic heterocycles. The van der Waals surface area contributed by atoms with Gasteiger partial charge in [-0.25, -0.2) is 0 Å². The van der Waals surface area contributed by atoms with Crippen molar-refractivity contribution in [2.24, 2.45) is 0 Å². The molecule has 0 unspecified atom stereocenters. The van der Waals surface area contributed by atoms with Crippen molar-refractivity contribution >= 4 is 0 Å². The van der Waals surface area contributed by atoms with E-state index in [0.29, 0.717) is 6.04 Å². The van der Waals surface area contributed by atoms with Crippen molar-refractivity contribution in [3.63, 3.8) is 0 Å². The van der Waals surface area contributed by atoms with Gasteiger partial charge in [-0.1, -0.05) is 6.92 Å². The van der Waals surface area contributed by atoms with E-state index in [-0.39, 0.29) is 0 Å². The molecule has 0 radical (unpaired) electrons. The molecule has 2 nitrogen and oxygen atoms in total. The molecular weight excluding hydrogens is 160 g/mol. The van der Waals surface area contributed by atoms with Gasteiger partial charge in [-0.3, -0.25) is 9.80 Å². The van der Waals surface area contributed by atoms with Gasteiger partial charge in [-0.05, 0) is 34.2 Å². The van der Waals surface area contributed by atoms with Gasteiger partial charge in [-0.2, -0.15) is 0 Å². The predicted octanol–water partition coefficient (Wildman–Crippen LogP) is 1.81. The number of likely N-dealkylation sites (N-methyl/N-ethyl adjacent to an activating group) is 1. The Morgan fingerprint density at radius 3 is 2.23 bits per heavy atom. The van der Waals surface area contributed by atoms with Crippen LogP contribution in [0.5, 0.6) is 0 Å². The number of rotatable bonds is 2. The lowest BCUT2D eigenvalue weighted by atomic mass is 10.1. The van der Waals surface area contributed by atoms with Crippen LogP contribution in [0.25, 0.3) is 0 Å². The van der Waals surface area contributed by atoms with Crippen LogP contribution < -0.4 is 0 Å². The first-order valence-electron chi connectivity index (χ1n) is 5.56. The van der Waals surface area contributed by atoms with E-state index < -0.39 is 0 Å². The van der Waals surface area contributed by atoms with Gasteiger partial charge in [0.2, 0.25) is 0 Å².